The molecular weight excluding hydrogens is 792 g/mol. The molecule has 0 amide bonds. The fraction of sp³-hybridized carbons (Fsp3) is 0.353. The summed E-state index contributed by atoms with van der Waals surface area (Å²) in [6, 6.07) is 0.937. The van der Waals surface area contributed by atoms with Crippen LogP contribution in [-0.2, 0) is 52.3 Å². The van der Waals surface area contributed by atoms with E-state index in [-0.39, 0.29) is 0 Å². The van der Waals surface area contributed by atoms with E-state index in [1.165, 1.54) is 0 Å². The molecule has 11 N–H and O–H groups in total. The number of hydrogen-bond donors (Lipinski definition) is 11. The Balaban J connectivity index is 1.21. The highest BCUT2D eigenvalue weighted by atomic mass is 16.9. The topological polar surface area (TPSA) is 390 Å². The first kappa shape index (κ1) is 37.2. The summed E-state index contributed by atoms with van der Waals surface area (Å²) in [5.41, 5.74) is -5.94. The monoisotopic (exact) mass is 816 g/mol. The maximum atomic E-state index is 14.3. The molecule has 24 nitrogen and oxygen atoms in total. The SMILES string of the molecule is O=C1O[C@H]2[C@@H]3OC(=O)c4cc(O)c(O)c(O)c4-c4c(cc(O)c(O)c4O)C(=O)O[C@H]3C(O)O[C@@H]2COC(=O)C2=CC(=O)[C@]3(O)O[C@]4(O)C(=O)C=C1C1C2[C@@]3(O)O[C@@]14O. The van der Waals surface area contributed by atoms with E-state index in [1.807, 2.05) is 0 Å². The molecule has 4 saturated heterocycles. The Hall–Kier alpha value is -6.38. The van der Waals surface area contributed by atoms with Crippen molar-refractivity contribution in [3.8, 4) is 45.6 Å². The Morgan fingerprint density at radius 3 is 1.50 bits per heavy atom. The van der Waals surface area contributed by atoms with Crippen molar-refractivity contribution >= 4 is 35.4 Å². The van der Waals surface area contributed by atoms with Gasteiger partial charge in [-0.15, -0.1) is 0 Å². The summed E-state index contributed by atoms with van der Waals surface area (Å²) in [6.45, 7) is -1.13. The number of phenolic OH excluding ortho intramolecular Hbond substituents is 6. The van der Waals surface area contributed by atoms with Crippen LogP contribution in [0.1, 0.15) is 20.7 Å². The number of phenols is 6. The molecule has 0 radical (unpaired) electrons. The van der Waals surface area contributed by atoms with Crippen molar-refractivity contribution < 1.29 is 118 Å². The number of aromatic hydroxyl groups is 6. The summed E-state index contributed by atoms with van der Waals surface area (Å²) < 4.78 is 37.5. The average molecular weight is 817 g/mol. The van der Waals surface area contributed by atoms with Crippen molar-refractivity contribution in [1.29, 1.82) is 0 Å². The van der Waals surface area contributed by atoms with Crippen LogP contribution in [0.4, 0.5) is 0 Å². The van der Waals surface area contributed by atoms with E-state index in [0.717, 1.165) is 0 Å². The fourth-order valence-electron chi connectivity index (χ4n) is 8.35. The minimum absolute atomic E-state index is 0.302. The molecule has 0 aromatic heterocycles. The fourth-order valence-corrected chi connectivity index (χ4v) is 8.35. The van der Waals surface area contributed by atoms with Gasteiger partial charge in [0.25, 0.3) is 11.6 Å². The molecule has 11 atom stereocenters. The van der Waals surface area contributed by atoms with Crippen LogP contribution in [0.15, 0.2) is 35.4 Å². The van der Waals surface area contributed by atoms with E-state index in [4.69, 9.17) is 33.2 Å². The molecule has 0 saturated carbocycles. The largest absolute Gasteiger partial charge is 0.504 e. The van der Waals surface area contributed by atoms with Crippen LogP contribution < -0.4 is 0 Å². The number of ketones is 2. The number of carbonyl (C=O) groups excluding carboxylic acids is 6. The highest BCUT2D eigenvalue weighted by Crippen LogP contribution is 2.66. The Morgan fingerprint density at radius 1 is 0.552 bits per heavy atom. The van der Waals surface area contributed by atoms with Gasteiger partial charge in [-0.3, -0.25) is 14.3 Å². The van der Waals surface area contributed by atoms with Crippen LogP contribution in [0.25, 0.3) is 11.1 Å². The molecule has 3 unspecified atom stereocenters. The number of fused-ring (bicyclic) bond motifs is 6. The highest BCUT2D eigenvalue weighted by molar-refractivity contribution is 6.11. The van der Waals surface area contributed by atoms with Gasteiger partial charge in [0.15, 0.2) is 47.6 Å². The van der Waals surface area contributed by atoms with Gasteiger partial charge < -0.3 is 84.6 Å². The van der Waals surface area contributed by atoms with E-state index >= 15 is 0 Å². The van der Waals surface area contributed by atoms with E-state index in [9.17, 15) is 84.9 Å². The van der Waals surface area contributed by atoms with Crippen molar-refractivity contribution in [3.05, 3.63) is 46.6 Å². The number of cyclic esters (lactones) is 1. The second-order valence-corrected chi connectivity index (χ2v) is 14.1. The van der Waals surface area contributed by atoms with Gasteiger partial charge >= 0.3 is 23.9 Å². The Morgan fingerprint density at radius 2 is 1.00 bits per heavy atom. The molecular formula is C34H24O24. The Kier molecular flexibility index (Phi) is 7.31. The van der Waals surface area contributed by atoms with Crippen LogP contribution in [0.3, 0.4) is 0 Å². The number of aliphatic hydroxyl groups excluding tert-OH is 1. The normalized spacial score (nSPS) is 38.6. The lowest BCUT2D eigenvalue weighted by Crippen LogP contribution is -2.78. The van der Waals surface area contributed by atoms with Crippen LogP contribution >= 0.6 is 0 Å². The quantitative estimate of drug-likeness (QED) is 0.0684. The molecule has 58 heavy (non-hydrogen) atoms. The van der Waals surface area contributed by atoms with Gasteiger partial charge in [0.1, 0.15) is 12.7 Å². The molecule has 2 aliphatic carbocycles. The summed E-state index contributed by atoms with van der Waals surface area (Å²) >= 11 is 0. The molecule has 2 bridgehead atoms. The van der Waals surface area contributed by atoms with Gasteiger partial charge in [0.05, 0.1) is 34.1 Å². The molecule has 2 aromatic carbocycles. The molecule has 2 aromatic rings. The first-order valence-electron chi connectivity index (χ1n) is 16.6. The van der Waals surface area contributed by atoms with E-state index in [0.29, 0.717) is 24.3 Å². The van der Waals surface area contributed by atoms with E-state index in [1.54, 1.807) is 0 Å². The molecule has 7 aliphatic rings. The van der Waals surface area contributed by atoms with Crippen molar-refractivity contribution in [2.75, 3.05) is 6.61 Å². The summed E-state index contributed by atoms with van der Waals surface area (Å²) in [5, 5.41) is 120. The predicted octanol–water partition coefficient (Wildman–Crippen LogP) is -4.10. The third-order valence-electron chi connectivity index (χ3n) is 11.1. The zero-order chi connectivity index (χ0) is 41.9. The van der Waals surface area contributed by atoms with Gasteiger partial charge in [-0.05, 0) is 24.3 Å². The smallest absolute Gasteiger partial charge is 0.339 e. The van der Waals surface area contributed by atoms with Crippen molar-refractivity contribution in [3.63, 3.8) is 0 Å². The second-order valence-electron chi connectivity index (χ2n) is 14.1. The van der Waals surface area contributed by atoms with Crippen LogP contribution in [0.5, 0.6) is 34.5 Å². The minimum Gasteiger partial charge on any atom is -0.504 e. The zero-order valence-electron chi connectivity index (χ0n) is 28.3. The van der Waals surface area contributed by atoms with E-state index in [2.05, 4.69) is 0 Å². The van der Waals surface area contributed by atoms with Crippen LogP contribution in [0, 0.1) is 11.8 Å². The molecule has 5 aliphatic heterocycles. The third kappa shape index (κ3) is 4.33. The number of carbonyl (C=O) groups is 6. The van der Waals surface area contributed by atoms with Crippen molar-refractivity contribution in [2.24, 2.45) is 11.8 Å². The van der Waals surface area contributed by atoms with Crippen LogP contribution in [0.2, 0.25) is 0 Å². The number of ether oxygens (including phenoxy) is 7. The van der Waals surface area contributed by atoms with Gasteiger partial charge in [-0.2, -0.15) is 0 Å². The lowest BCUT2D eigenvalue weighted by Gasteiger charge is -2.52. The number of benzene rings is 2. The summed E-state index contributed by atoms with van der Waals surface area (Å²) in [4.78, 5) is 82.5. The van der Waals surface area contributed by atoms with Gasteiger partial charge in [0, 0.05) is 11.1 Å². The molecule has 4 fully saturated rings. The van der Waals surface area contributed by atoms with Crippen LogP contribution in [-0.4, -0.2) is 152 Å². The number of hydrogen-bond acceptors (Lipinski definition) is 24. The third-order valence-corrected chi connectivity index (χ3v) is 11.1. The molecule has 24 heteroatoms. The van der Waals surface area contributed by atoms with Gasteiger partial charge in [0.2, 0.25) is 34.6 Å². The summed E-state index contributed by atoms with van der Waals surface area (Å²) in [6.07, 6.45) is -10.7. The average Bonchev–Trinajstić information content (AvgIpc) is 3.41. The van der Waals surface area contributed by atoms with Crippen molar-refractivity contribution in [2.45, 2.75) is 53.9 Å². The minimum atomic E-state index is -3.74. The van der Waals surface area contributed by atoms with E-state index < -0.39 is 176 Å². The zero-order valence-corrected chi connectivity index (χ0v) is 28.3. The number of rotatable bonds is 0. The Bertz CT molecular complexity index is 2440. The first-order valence-corrected chi connectivity index (χ1v) is 16.6. The first-order chi connectivity index (χ1) is 27.1. The Labute approximate surface area is 318 Å². The van der Waals surface area contributed by atoms with Gasteiger partial charge in [-0.25, -0.2) is 19.2 Å². The summed E-state index contributed by atoms with van der Waals surface area (Å²) in [7, 11) is 0. The molecule has 9 rings (SSSR count). The molecule has 5 heterocycles. The van der Waals surface area contributed by atoms with Gasteiger partial charge in [-0.1, -0.05) is 0 Å². The number of esters is 4. The lowest BCUT2D eigenvalue weighted by atomic mass is 9.67. The number of aliphatic hydroxyl groups is 5. The maximum absolute atomic E-state index is 14.3. The standard InChI is InChI=1S/C34H24O24/c35-10-1-6-15(21(41)19(10)39)16-7(2-11(36)20(40)22(16)42)28(45)56-25-24(55-27(6)44)23-12(53-30(25)47)5-52-26(43)8-3-13(37)31(48)33(50)17(8)18-9(29(46)54-23)4-14(38)32(49,57-31)34(18,51)58-33/h1-4,12,17-18,23-25,30,35-36,39-42,47-51H,5H2/t12-,17?,18?,23-,24+,25-,30?,31+,32-,33-,34+/m1/s1. The van der Waals surface area contributed by atoms with Crippen molar-refractivity contribution in [1.82, 2.24) is 0 Å². The molecule has 0 spiro atoms. The predicted molar refractivity (Wildman–Crippen MR) is 167 cm³/mol. The maximum Gasteiger partial charge on any atom is 0.339 e. The molecule has 304 valence electrons. The summed E-state index contributed by atoms with van der Waals surface area (Å²) in [5.74, 6) is -37.0. The highest BCUT2D eigenvalue weighted by Gasteiger charge is 2.88. The second kappa shape index (κ2) is 11.4. The lowest BCUT2D eigenvalue weighted by molar-refractivity contribution is -0.516.